The van der Waals surface area contributed by atoms with Crippen LogP contribution >= 0.6 is 0 Å². The van der Waals surface area contributed by atoms with Crippen LogP contribution in [-0.4, -0.2) is 13.0 Å². The molecule has 0 spiro atoms. The van der Waals surface area contributed by atoms with E-state index in [4.69, 9.17) is 4.74 Å². The monoisotopic (exact) mass is 232 g/mol. The largest absolute Gasteiger partial charge is 0.573 e. The quantitative estimate of drug-likeness (QED) is 0.789. The minimum absolute atomic E-state index is 0.286. The van der Waals surface area contributed by atoms with Crippen LogP contribution in [0.3, 0.4) is 0 Å². The van der Waals surface area contributed by atoms with E-state index in [0.717, 1.165) is 0 Å². The van der Waals surface area contributed by atoms with Crippen LogP contribution in [0.15, 0.2) is 24.8 Å². The van der Waals surface area contributed by atoms with Crippen LogP contribution in [0.4, 0.5) is 13.2 Å². The van der Waals surface area contributed by atoms with Crippen molar-refractivity contribution in [3.63, 3.8) is 0 Å². The molecule has 0 unspecified atom stereocenters. The third-order valence-corrected chi connectivity index (χ3v) is 1.73. The number of hydrogen-bond donors (Lipinski definition) is 0. The molecule has 2 nitrogen and oxygen atoms in total. The van der Waals surface area contributed by atoms with Gasteiger partial charge in [-0.3, -0.25) is 0 Å². The summed E-state index contributed by atoms with van der Waals surface area (Å²) >= 11 is 0. The van der Waals surface area contributed by atoms with E-state index in [1.807, 2.05) is 0 Å². The Morgan fingerprint density at radius 2 is 2.06 bits per heavy atom. The van der Waals surface area contributed by atoms with Crippen molar-refractivity contribution >= 4 is 6.08 Å². The van der Waals surface area contributed by atoms with E-state index in [1.165, 1.54) is 24.3 Å². The first-order chi connectivity index (χ1) is 7.46. The van der Waals surface area contributed by atoms with Crippen LogP contribution in [0, 0.1) is 0 Å². The Morgan fingerprint density at radius 3 is 2.56 bits per heavy atom. The highest BCUT2D eigenvalue weighted by Gasteiger charge is 2.31. The molecule has 0 aliphatic carbocycles. The topological polar surface area (TPSA) is 18.5 Å². The molecule has 0 bridgehead atoms. The second-order valence-electron chi connectivity index (χ2n) is 2.88. The number of ether oxygens (including phenoxy) is 2. The second kappa shape index (κ2) is 4.92. The first-order valence-electron chi connectivity index (χ1n) is 4.61. The lowest BCUT2D eigenvalue weighted by molar-refractivity contribution is -0.274. The summed E-state index contributed by atoms with van der Waals surface area (Å²) in [5, 5.41) is 0. The lowest BCUT2D eigenvalue weighted by Crippen LogP contribution is -2.17. The van der Waals surface area contributed by atoms with Gasteiger partial charge in [0.25, 0.3) is 0 Å². The molecule has 0 N–H and O–H groups in total. The summed E-state index contributed by atoms with van der Waals surface area (Å²) in [6, 6.07) is 3.85. The molecule has 0 aliphatic rings. The molecule has 0 saturated heterocycles. The number of hydrogen-bond acceptors (Lipinski definition) is 2. The summed E-state index contributed by atoms with van der Waals surface area (Å²) in [5.41, 5.74) is 0.462. The summed E-state index contributed by atoms with van der Waals surface area (Å²) in [6.07, 6.45) is -3.28. The van der Waals surface area contributed by atoms with Crippen molar-refractivity contribution in [2.75, 3.05) is 6.61 Å². The van der Waals surface area contributed by atoms with E-state index in [-0.39, 0.29) is 5.75 Å². The smallest absolute Gasteiger partial charge is 0.493 e. The fourth-order valence-electron chi connectivity index (χ4n) is 1.17. The molecule has 1 aromatic rings. The van der Waals surface area contributed by atoms with Crippen LogP contribution in [0.1, 0.15) is 12.5 Å². The molecular formula is C11H11F3O2. The molecule has 0 heterocycles. The normalized spacial score (nSPS) is 11.0. The summed E-state index contributed by atoms with van der Waals surface area (Å²) in [6.45, 7) is 5.71. The van der Waals surface area contributed by atoms with E-state index in [0.29, 0.717) is 17.9 Å². The Balaban J connectivity index is 2.95. The molecule has 0 atom stereocenters. The molecule has 88 valence electrons. The highest BCUT2D eigenvalue weighted by molar-refractivity contribution is 5.58. The van der Waals surface area contributed by atoms with Crippen LogP contribution < -0.4 is 9.47 Å². The van der Waals surface area contributed by atoms with Gasteiger partial charge in [0.05, 0.1) is 6.61 Å². The van der Waals surface area contributed by atoms with Crippen molar-refractivity contribution in [1.29, 1.82) is 0 Å². The SMILES string of the molecule is C=Cc1cc(OC(F)(F)F)ccc1OCC. The first-order valence-corrected chi connectivity index (χ1v) is 4.61. The zero-order chi connectivity index (χ0) is 12.2. The molecule has 1 rings (SSSR count). The highest BCUT2D eigenvalue weighted by Crippen LogP contribution is 2.29. The molecule has 16 heavy (non-hydrogen) atoms. The number of halogens is 3. The van der Waals surface area contributed by atoms with Crippen LogP contribution in [-0.2, 0) is 0 Å². The predicted octanol–water partition coefficient (Wildman–Crippen LogP) is 3.63. The minimum Gasteiger partial charge on any atom is -0.493 e. The van der Waals surface area contributed by atoms with Gasteiger partial charge in [0.15, 0.2) is 0 Å². The minimum atomic E-state index is -4.69. The van der Waals surface area contributed by atoms with Gasteiger partial charge >= 0.3 is 6.36 Å². The van der Waals surface area contributed by atoms with Gasteiger partial charge in [0.2, 0.25) is 0 Å². The van der Waals surface area contributed by atoms with Crippen molar-refractivity contribution in [2.24, 2.45) is 0 Å². The Labute approximate surface area is 91.3 Å². The third-order valence-electron chi connectivity index (χ3n) is 1.73. The Morgan fingerprint density at radius 1 is 1.38 bits per heavy atom. The Bertz CT molecular complexity index is 372. The van der Waals surface area contributed by atoms with E-state index in [9.17, 15) is 13.2 Å². The maximum Gasteiger partial charge on any atom is 0.573 e. The summed E-state index contributed by atoms with van der Waals surface area (Å²) in [5.74, 6) is 0.192. The van der Waals surface area contributed by atoms with Gasteiger partial charge in [0, 0.05) is 5.56 Å². The molecule has 0 aromatic heterocycles. The fourth-order valence-corrected chi connectivity index (χ4v) is 1.17. The highest BCUT2D eigenvalue weighted by atomic mass is 19.4. The zero-order valence-electron chi connectivity index (χ0n) is 8.67. The van der Waals surface area contributed by atoms with Gasteiger partial charge < -0.3 is 9.47 Å². The van der Waals surface area contributed by atoms with Crippen molar-refractivity contribution in [3.05, 3.63) is 30.3 Å². The van der Waals surface area contributed by atoms with Crippen LogP contribution in [0.2, 0.25) is 0 Å². The van der Waals surface area contributed by atoms with Gasteiger partial charge in [-0.15, -0.1) is 13.2 Å². The molecule has 5 heteroatoms. The van der Waals surface area contributed by atoms with E-state index >= 15 is 0 Å². The molecular weight excluding hydrogens is 221 g/mol. The predicted molar refractivity (Wildman–Crippen MR) is 54.4 cm³/mol. The molecule has 1 aromatic carbocycles. The first kappa shape index (κ1) is 12.4. The van der Waals surface area contributed by atoms with Gasteiger partial charge in [-0.1, -0.05) is 12.7 Å². The number of benzene rings is 1. The summed E-state index contributed by atoms with van der Waals surface area (Å²) in [7, 11) is 0. The van der Waals surface area contributed by atoms with Crippen LogP contribution in [0.25, 0.3) is 6.08 Å². The lowest BCUT2D eigenvalue weighted by Gasteiger charge is -2.12. The average molecular weight is 232 g/mol. The maximum absolute atomic E-state index is 11.9. The van der Waals surface area contributed by atoms with Gasteiger partial charge in [0.1, 0.15) is 11.5 Å². The third kappa shape index (κ3) is 3.49. The summed E-state index contributed by atoms with van der Waals surface area (Å²) in [4.78, 5) is 0. The van der Waals surface area contributed by atoms with Gasteiger partial charge in [-0.2, -0.15) is 0 Å². The summed E-state index contributed by atoms with van der Waals surface area (Å²) < 4.78 is 44.8. The number of alkyl halides is 3. The molecule has 0 saturated carbocycles. The molecule has 0 fully saturated rings. The van der Waals surface area contributed by atoms with E-state index in [2.05, 4.69) is 11.3 Å². The van der Waals surface area contributed by atoms with Crippen molar-refractivity contribution in [1.82, 2.24) is 0 Å². The zero-order valence-corrected chi connectivity index (χ0v) is 8.67. The van der Waals surface area contributed by atoms with E-state index < -0.39 is 6.36 Å². The maximum atomic E-state index is 11.9. The average Bonchev–Trinajstić information content (AvgIpc) is 2.18. The lowest BCUT2D eigenvalue weighted by atomic mass is 10.2. The van der Waals surface area contributed by atoms with Crippen LogP contribution in [0.5, 0.6) is 11.5 Å². The Hall–Kier alpha value is -1.65. The van der Waals surface area contributed by atoms with Gasteiger partial charge in [-0.25, -0.2) is 0 Å². The molecule has 0 aliphatic heterocycles. The Kier molecular flexibility index (Phi) is 3.82. The standard InChI is InChI=1S/C11H11F3O2/c1-3-8-7-9(16-11(12,13)14)5-6-10(8)15-4-2/h3,5-7H,1,4H2,2H3. The number of rotatable bonds is 4. The van der Waals surface area contributed by atoms with E-state index in [1.54, 1.807) is 6.92 Å². The molecule has 0 radical (unpaired) electrons. The van der Waals surface area contributed by atoms with Crippen molar-refractivity contribution in [3.8, 4) is 11.5 Å². The fraction of sp³-hybridized carbons (Fsp3) is 0.273. The van der Waals surface area contributed by atoms with Crippen molar-refractivity contribution < 1.29 is 22.6 Å². The second-order valence-corrected chi connectivity index (χ2v) is 2.88. The van der Waals surface area contributed by atoms with Crippen molar-refractivity contribution in [2.45, 2.75) is 13.3 Å². The molecule has 0 amide bonds. The van der Waals surface area contributed by atoms with Gasteiger partial charge in [-0.05, 0) is 25.1 Å².